The molecule has 3 rings (SSSR count). The molecule has 2 heterocycles. The van der Waals surface area contributed by atoms with Crippen LogP contribution in [0, 0.1) is 5.92 Å². The topological polar surface area (TPSA) is 23.6 Å². The van der Waals surface area contributed by atoms with Crippen molar-refractivity contribution in [1.29, 1.82) is 0 Å². The Bertz CT molecular complexity index is 473. The van der Waals surface area contributed by atoms with Gasteiger partial charge in [0.1, 0.15) is 0 Å². The van der Waals surface area contributed by atoms with Crippen LogP contribution < -0.4 is 0 Å². The molecule has 2 atom stereocenters. The Kier molecular flexibility index (Phi) is 4.59. The molecule has 2 aliphatic rings. The number of likely N-dealkylation sites (tertiary alicyclic amines) is 2. The van der Waals surface area contributed by atoms with Crippen LogP contribution >= 0.6 is 0 Å². The lowest BCUT2D eigenvalue weighted by molar-refractivity contribution is -0.134. The minimum atomic E-state index is 0.324. The first-order valence-electron chi connectivity index (χ1n) is 8.31. The number of amides is 1. The van der Waals surface area contributed by atoms with E-state index >= 15 is 0 Å². The van der Waals surface area contributed by atoms with Crippen LogP contribution in [-0.4, -0.2) is 41.9 Å². The third-order valence-corrected chi connectivity index (χ3v) is 4.90. The summed E-state index contributed by atoms with van der Waals surface area (Å²) in [7, 11) is 0. The largest absolute Gasteiger partial charge is 0.341 e. The molecule has 0 saturated carbocycles. The molecule has 114 valence electrons. The van der Waals surface area contributed by atoms with Crippen molar-refractivity contribution in [3.8, 4) is 0 Å². The number of benzene rings is 1. The maximum absolute atomic E-state index is 12.6. The highest BCUT2D eigenvalue weighted by Gasteiger charge is 2.29. The van der Waals surface area contributed by atoms with E-state index in [1.54, 1.807) is 0 Å². The van der Waals surface area contributed by atoms with Crippen molar-refractivity contribution in [2.24, 2.45) is 5.92 Å². The smallest absolute Gasteiger partial charge is 0.236 e. The molecule has 1 amide bonds. The number of hydrogen-bond donors (Lipinski definition) is 0. The van der Waals surface area contributed by atoms with Gasteiger partial charge in [-0.05, 0) is 43.7 Å². The highest BCUT2D eigenvalue weighted by molar-refractivity contribution is 5.78. The van der Waals surface area contributed by atoms with Crippen molar-refractivity contribution in [2.75, 3.05) is 26.2 Å². The van der Waals surface area contributed by atoms with Gasteiger partial charge in [0.2, 0.25) is 5.91 Å². The van der Waals surface area contributed by atoms with Crippen LogP contribution in [-0.2, 0) is 4.79 Å². The van der Waals surface area contributed by atoms with Crippen LogP contribution in [0.4, 0.5) is 0 Å². The van der Waals surface area contributed by atoms with Gasteiger partial charge >= 0.3 is 0 Å². The van der Waals surface area contributed by atoms with E-state index in [1.165, 1.54) is 24.8 Å². The summed E-state index contributed by atoms with van der Waals surface area (Å²) < 4.78 is 0. The molecule has 3 nitrogen and oxygen atoms in total. The lowest BCUT2D eigenvalue weighted by Crippen LogP contribution is -2.44. The number of rotatable bonds is 3. The number of carbonyl (C=O) groups is 1. The molecule has 2 fully saturated rings. The molecular weight excluding hydrogens is 260 g/mol. The zero-order valence-electron chi connectivity index (χ0n) is 13.0. The molecule has 0 spiro atoms. The maximum atomic E-state index is 12.6. The lowest BCUT2D eigenvalue weighted by Gasteiger charge is -2.33. The van der Waals surface area contributed by atoms with Gasteiger partial charge < -0.3 is 4.90 Å². The first-order chi connectivity index (χ1) is 10.2. The predicted octanol–water partition coefficient (Wildman–Crippen LogP) is 3.08. The Morgan fingerprint density at radius 3 is 2.67 bits per heavy atom. The van der Waals surface area contributed by atoms with Gasteiger partial charge in [-0.1, -0.05) is 37.3 Å². The van der Waals surface area contributed by atoms with E-state index in [1.807, 2.05) is 0 Å². The van der Waals surface area contributed by atoms with E-state index in [0.717, 1.165) is 26.1 Å². The number of piperidine rings is 1. The van der Waals surface area contributed by atoms with Gasteiger partial charge in [0, 0.05) is 19.1 Å². The summed E-state index contributed by atoms with van der Waals surface area (Å²) in [4.78, 5) is 17.0. The summed E-state index contributed by atoms with van der Waals surface area (Å²) in [6.45, 7) is 5.79. The molecule has 0 N–H and O–H groups in total. The van der Waals surface area contributed by atoms with Crippen molar-refractivity contribution in [3.63, 3.8) is 0 Å². The van der Waals surface area contributed by atoms with Crippen molar-refractivity contribution in [2.45, 2.75) is 38.6 Å². The molecule has 21 heavy (non-hydrogen) atoms. The SMILES string of the molecule is CC1CCCN(C(=O)CN2CCCC2c2ccccc2)C1. The fourth-order valence-electron chi connectivity index (χ4n) is 3.76. The zero-order chi connectivity index (χ0) is 14.7. The molecule has 1 aromatic rings. The molecule has 2 unspecified atom stereocenters. The monoisotopic (exact) mass is 286 g/mol. The zero-order valence-corrected chi connectivity index (χ0v) is 13.0. The van der Waals surface area contributed by atoms with Gasteiger partial charge in [-0.2, -0.15) is 0 Å². The fraction of sp³-hybridized carbons (Fsp3) is 0.611. The molecule has 0 radical (unpaired) electrons. The average Bonchev–Trinajstić information content (AvgIpc) is 2.96. The van der Waals surface area contributed by atoms with E-state index < -0.39 is 0 Å². The van der Waals surface area contributed by atoms with Gasteiger partial charge in [0.25, 0.3) is 0 Å². The van der Waals surface area contributed by atoms with Crippen molar-refractivity contribution >= 4 is 5.91 Å². The summed E-state index contributed by atoms with van der Waals surface area (Å²) in [5.41, 5.74) is 1.36. The minimum Gasteiger partial charge on any atom is -0.341 e. The Morgan fingerprint density at radius 2 is 1.90 bits per heavy atom. The highest BCUT2D eigenvalue weighted by atomic mass is 16.2. The lowest BCUT2D eigenvalue weighted by atomic mass is 10.0. The summed E-state index contributed by atoms with van der Waals surface area (Å²) in [5.74, 6) is 0.982. The van der Waals surface area contributed by atoms with E-state index in [4.69, 9.17) is 0 Å². The van der Waals surface area contributed by atoms with Gasteiger partial charge in [0.05, 0.1) is 6.54 Å². The molecule has 0 bridgehead atoms. The molecule has 0 aromatic heterocycles. The summed E-state index contributed by atoms with van der Waals surface area (Å²) in [6, 6.07) is 11.1. The number of nitrogens with zero attached hydrogens (tertiary/aromatic N) is 2. The Hall–Kier alpha value is -1.35. The van der Waals surface area contributed by atoms with Gasteiger partial charge in [0.15, 0.2) is 0 Å². The van der Waals surface area contributed by atoms with Crippen molar-refractivity contribution in [3.05, 3.63) is 35.9 Å². The van der Waals surface area contributed by atoms with Crippen LogP contribution in [0.5, 0.6) is 0 Å². The third kappa shape index (κ3) is 3.46. The second-order valence-corrected chi connectivity index (χ2v) is 6.63. The molecule has 2 aliphatic heterocycles. The summed E-state index contributed by atoms with van der Waals surface area (Å²) in [6.07, 6.45) is 4.80. The van der Waals surface area contributed by atoms with Crippen molar-refractivity contribution in [1.82, 2.24) is 9.80 Å². The van der Waals surface area contributed by atoms with Gasteiger partial charge in [-0.25, -0.2) is 0 Å². The maximum Gasteiger partial charge on any atom is 0.236 e. The number of hydrogen-bond acceptors (Lipinski definition) is 2. The average molecular weight is 286 g/mol. The standard InChI is InChI=1S/C18H26N2O/c1-15-7-5-12-20(13-15)18(21)14-19-11-6-10-17(19)16-8-3-2-4-9-16/h2-4,8-9,15,17H,5-7,10-14H2,1H3. The molecule has 1 aromatic carbocycles. The van der Waals surface area contributed by atoms with Crippen LogP contribution in [0.15, 0.2) is 30.3 Å². The van der Waals surface area contributed by atoms with E-state index in [-0.39, 0.29) is 0 Å². The van der Waals surface area contributed by atoms with E-state index in [9.17, 15) is 4.79 Å². The van der Waals surface area contributed by atoms with Gasteiger partial charge in [-0.3, -0.25) is 9.69 Å². The Morgan fingerprint density at radius 1 is 1.14 bits per heavy atom. The third-order valence-electron chi connectivity index (χ3n) is 4.90. The summed E-state index contributed by atoms with van der Waals surface area (Å²) in [5, 5.41) is 0. The predicted molar refractivity (Wildman–Crippen MR) is 85.0 cm³/mol. The molecule has 2 saturated heterocycles. The molecule has 3 heteroatoms. The minimum absolute atomic E-state index is 0.324. The van der Waals surface area contributed by atoms with Crippen molar-refractivity contribution < 1.29 is 4.79 Å². The number of carbonyl (C=O) groups excluding carboxylic acids is 1. The summed E-state index contributed by atoms with van der Waals surface area (Å²) >= 11 is 0. The first-order valence-corrected chi connectivity index (χ1v) is 8.31. The highest BCUT2D eigenvalue weighted by Crippen LogP contribution is 2.31. The van der Waals surface area contributed by atoms with Crippen LogP contribution in [0.2, 0.25) is 0 Å². The van der Waals surface area contributed by atoms with Crippen LogP contribution in [0.3, 0.4) is 0 Å². The van der Waals surface area contributed by atoms with Crippen LogP contribution in [0.25, 0.3) is 0 Å². The Balaban J connectivity index is 1.62. The fourth-order valence-corrected chi connectivity index (χ4v) is 3.76. The quantitative estimate of drug-likeness (QED) is 0.852. The Labute approximate surface area is 127 Å². The normalized spacial score (nSPS) is 27.0. The second-order valence-electron chi connectivity index (χ2n) is 6.63. The van der Waals surface area contributed by atoms with E-state index in [0.29, 0.717) is 24.4 Å². The van der Waals surface area contributed by atoms with E-state index in [2.05, 4.69) is 47.1 Å². The first kappa shape index (κ1) is 14.6. The molecular formula is C18H26N2O. The van der Waals surface area contributed by atoms with Crippen LogP contribution in [0.1, 0.15) is 44.2 Å². The second kappa shape index (κ2) is 6.61. The molecule has 0 aliphatic carbocycles. The van der Waals surface area contributed by atoms with Gasteiger partial charge in [-0.15, -0.1) is 0 Å².